The SMILES string of the molecule is O=C(O)c1cc(F)cc(COCc2ccccc2Br)c1. The highest BCUT2D eigenvalue weighted by atomic mass is 79.9. The molecule has 1 N–H and O–H groups in total. The van der Waals surface area contributed by atoms with Gasteiger partial charge in [0.2, 0.25) is 0 Å². The van der Waals surface area contributed by atoms with Gasteiger partial charge in [0.05, 0.1) is 18.8 Å². The number of aromatic carboxylic acids is 1. The third-order valence-electron chi connectivity index (χ3n) is 2.69. The lowest BCUT2D eigenvalue weighted by Crippen LogP contribution is -2.01. The van der Waals surface area contributed by atoms with Gasteiger partial charge in [0.1, 0.15) is 5.82 Å². The normalized spacial score (nSPS) is 10.5. The predicted molar refractivity (Wildman–Crippen MR) is 76.0 cm³/mol. The molecule has 0 aliphatic rings. The zero-order chi connectivity index (χ0) is 14.5. The summed E-state index contributed by atoms with van der Waals surface area (Å²) in [6.07, 6.45) is 0. The van der Waals surface area contributed by atoms with E-state index in [1.807, 2.05) is 24.3 Å². The van der Waals surface area contributed by atoms with Crippen LogP contribution in [0.4, 0.5) is 4.39 Å². The van der Waals surface area contributed by atoms with Gasteiger partial charge < -0.3 is 9.84 Å². The first-order valence-corrected chi connectivity index (χ1v) is 6.69. The minimum atomic E-state index is -1.16. The van der Waals surface area contributed by atoms with Gasteiger partial charge in [-0.05, 0) is 35.4 Å². The van der Waals surface area contributed by atoms with Crippen molar-refractivity contribution in [3.63, 3.8) is 0 Å². The van der Waals surface area contributed by atoms with E-state index in [1.165, 1.54) is 12.1 Å². The summed E-state index contributed by atoms with van der Waals surface area (Å²) in [5.74, 6) is -1.74. The summed E-state index contributed by atoms with van der Waals surface area (Å²) >= 11 is 3.41. The van der Waals surface area contributed by atoms with Gasteiger partial charge in [-0.15, -0.1) is 0 Å². The summed E-state index contributed by atoms with van der Waals surface area (Å²) in [4.78, 5) is 10.8. The number of hydrogen-bond donors (Lipinski definition) is 1. The minimum Gasteiger partial charge on any atom is -0.478 e. The van der Waals surface area contributed by atoms with E-state index in [9.17, 15) is 9.18 Å². The monoisotopic (exact) mass is 338 g/mol. The van der Waals surface area contributed by atoms with Crippen LogP contribution in [0.15, 0.2) is 46.9 Å². The summed E-state index contributed by atoms with van der Waals surface area (Å²) in [7, 11) is 0. The van der Waals surface area contributed by atoms with Crippen molar-refractivity contribution in [1.29, 1.82) is 0 Å². The molecule has 0 atom stereocenters. The summed E-state index contributed by atoms with van der Waals surface area (Å²) in [6.45, 7) is 0.514. The molecule has 0 aliphatic heterocycles. The van der Waals surface area contributed by atoms with Crippen LogP contribution in [0.25, 0.3) is 0 Å². The largest absolute Gasteiger partial charge is 0.478 e. The van der Waals surface area contributed by atoms with Crippen molar-refractivity contribution < 1.29 is 19.0 Å². The quantitative estimate of drug-likeness (QED) is 0.896. The van der Waals surface area contributed by atoms with Crippen molar-refractivity contribution in [2.24, 2.45) is 0 Å². The van der Waals surface area contributed by atoms with Crippen molar-refractivity contribution in [3.05, 3.63) is 69.4 Å². The zero-order valence-electron chi connectivity index (χ0n) is 10.5. The molecule has 20 heavy (non-hydrogen) atoms. The Labute approximate surface area is 124 Å². The zero-order valence-corrected chi connectivity index (χ0v) is 12.1. The number of carboxylic acid groups (broad SMARTS) is 1. The molecule has 0 bridgehead atoms. The smallest absolute Gasteiger partial charge is 0.335 e. The highest BCUT2D eigenvalue weighted by Crippen LogP contribution is 2.18. The van der Waals surface area contributed by atoms with Crippen molar-refractivity contribution >= 4 is 21.9 Å². The number of benzene rings is 2. The van der Waals surface area contributed by atoms with E-state index < -0.39 is 11.8 Å². The van der Waals surface area contributed by atoms with E-state index in [4.69, 9.17) is 9.84 Å². The second-order valence-corrected chi connectivity index (χ2v) is 5.09. The molecule has 3 nitrogen and oxygen atoms in total. The van der Waals surface area contributed by atoms with Crippen LogP contribution in [0.2, 0.25) is 0 Å². The van der Waals surface area contributed by atoms with E-state index in [1.54, 1.807) is 0 Å². The van der Waals surface area contributed by atoms with Crippen LogP contribution in [-0.4, -0.2) is 11.1 Å². The first-order chi connectivity index (χ1) is 9.56. The Morgan fingerprint density at radius 2 is 1.95 bits per heavy atom. The first kappa shape index (κ1) is 14.7. The van der Waals surface area contributed by atoms with Crippen LogP contribution < -0.4 is 0 Å². The van der Waals surface area contributed by atoms with Gasteiger partial charge in [-0.25, -0.2) is 9.18 Å². The maximum atomic E-state index is 13.3. The summed E-state index contributed by atoms with van der Waals surface area (Å²) in [5, 5.41) is 8.86. The molecule has 104 valence electrons. The molecule has 2 aromatic carbocycles. The molecule has 0 heterocycles. The van der Waals surface area contributed by atoms with Crippen LogP contribution >= 0.6 is 15.9 Å². The fourth-order valence-electron chi connectivity index (χ4n) is 1.75. The third-order valence-corrected chi connectivity index (χ3v) is 3.46. The molecule has 0 aliphatic carbocycles. The lowest BCUT2D eigenvalue weighted by Gasteiger charge is -2.07. The van der Waals surface area contributed by atoms with Gasteiger partial charge in [0, 0.05) is 4.47 Å². The van der Waals surface area contributed by atoms with Crippen LogP contribution in [0.3, 0.4) is 0 Å². The van der Waals surface area contributed by atoms with Crippen molar-refractivity contribution in [1.82, 2.24) is 0 Å². The molecule has 5 heteroatoms. The number of ether oxygens (including phenoxy) is 1. The maximum Gasteiger partial charge on any atom is 0.335 e. The molecular formula is C15H12BrFO3. The van der Waals surface area contributed by atoms with E-state index in [-0.39, 0.29) is 12.2 Å². The van der Waals surface area contributed by atoms with Gasteiger partial charge in [-0.1, -0.05) is 34.1 Å². The third kappa shape index (κ3) is 3.88. The second-order valence-electron chi connectivity index (χ2n) is 4.24. The number of hydrogen-bond acceptors (Lipinski definition) is 2. The summed E-state index contributed by atoms with van der Waals surface area (Å²) < 4.78 is 19.7. The molecule has 0 amide bonds. The fraction of sp³-hybridized carbons (Fsp3) is 0.133. The molecule has 2 aromatic rings. The number of carboxylic acids is 1. The minimum absolute atomic E-state index is 0.0792. The van der Waals surface area contributed by atoms with E-state index >= 15 is 0 Å². The molecule has 0 fully saturated rings. The van der Waals surface area contributed by atoms with E-state index in [0.717, 1.165) is 16.1 Å². The van der Waals surface area contributed by atoms with Gasteiger partial charge in [-0.2, -0.15) is 0 Å². The van der Waals surface area contributed by atoms with Crippen LogP contribution in [-0.2, 0) is 18.0 Å². The van der Waals surface area contributed by atoms with Gasteiger partial charge in [0.15, 0.2) is 0 Å². The molecule has 0 saturated carbocycles. The first-order valence-electron chi connectivity index (χ1n) is 5.90. The van der Waals surface area contributed by atoms with Crippen LogP contribution in [0, 0.1) is 5.82 Å². The Bertz CT molecular complexity index is 628. The lowest BCUT2D eigenvalue weighted by atomic mass is 10.1. The average molecular weight is 339 g/mol. The molecule has 0 saturated heterocycles. The van der Waals surface area contributed by atoms with Crippen molar-refractivity contribution in [3.8, 4) is 0 Å². The topological polar surface area (TPSA) is 46.5 Å². The summed E-state index contributed by atoms with van der Waals surface area (Å²) in [5.41, 5.74) is 1.39. The average Bonchev–Trinajstić information content (AvgIpc) is 2.40. The molecule has 2 rings (SSSR count). The van der Waals surface area contributed by atoms with Crippen LogP contribution in [0.1, 0.15) is 21.5 Å². The number of rotatable bonds is 5. The standard InChI is InChI=1S/C15H12BrFO3/c16-14-4-2-1-3-11(14)9-20-8-10-5-12(15(18)19)7-13(17)6-10/h1-7H,8-9H2,(H,18,19). The maximum absolute atomic E-state index is 13.3. The predicted octanol–water partition coefficient (Wildman–Crippen LogP) is 4.00. The Morgan fingerprint density at radius 3 is 2.65 bits per heavy atom. The van der Waals surface area contributed by atoms with Gasteiger partial charge >= 0.3 is 5.97 Å². The Balaban J connectivity index is 2.01. The lowest BCUT2D eigenvalue weighted by molar-refractivity contribution is 0.0695. The van der Waals surface area contributed by atoms with E-state index in [0.29, 0.717) is 12.2 Å². The van der Waals surface area contributed by atoms with Gasteiger partial charge in [-0.3, -0.25) is 0 Å². The van der Waals surface area contributed by atoms with Gasteiger partial charge in [0.25, 0.3) is 0 Å². The summed E-state index contributed by atoms with van der Waals surface area (Å²) in [6, 6.07) is 11.3. The Hall–Kier alpha value is -1.72. The highest BCUT2D eigenvalue weighted by molar-refractivity contribution is 9.10. The molecular weight excluding hydrogens is 327 g/mol. The molecule has 0 radical (unpaired) electrons. The molecule has 0 spiro atoms. The number of carbonyl (C=O) groups is 1. The van der Waals surface area contributed by atoms with E-state index in [2.05, 4.69) is 15.9 Å². The molecule has 0 aromatic heterocycles. The van der Waals surface area contributed by atoms with Crippen LogP contribution in [0.5, 0.6) is 0 Å². The Morgan fingerprint density at radius 1 is 1.20 bits per heavy atom. The van der Waals surface area contributed by atoms with Crippen molar-refractivity contribution in [2.75, 3.05) is 0 Å². The second kappa shape index (κ2) is 6.63. The Kier molecular flexibility index (Phi) is 4.87. The fourth-order valence-corrected chi connectivity index (χ4v) is 2.15. The van der Waals surface area contributed by atoms with Crippen molar-refractivity contribution in [2.45, 2.75) is 13.2 Å². The highest BCUT2D eigenvalue weighted by Gasteiger charge is 2.07. The molecule has 0 unspecified atom stereocenters. The number of halogens is 2.